The Balaban J connectivity index is 3.42. The first-order valence-electron chi connectivity index (χ1n) is 6.81. The molecule has 114 valence electrons. The minimum Gasteiger partial charge on any atom is -0.464 e. The van der Waals surface area contributed by atoms with Crippen LogP contribution < -0.4 is 0 Å². The first-order valence-corrected chi connectivity index (χ1v) is 6.81. The van der Waals surface area contributed by atoms with Crippen LogP contribution in [-0.2, 0) is 9.53 Å². The molecule has 1 unspecified atom stereocenters. The van der Waals surface area contributed by atoms with E-state index >= 15 is 0 Å². The third kappa shape index (κ3) is 9.76. The summed E-state index contributed by atoms with van der Waals surface area (Å²) in [6.07, 6.45) is 0.264. The van der Waals surface area contributed by atoms with Gasteiger partial charge in [0.2, 0.25) is 6.10 Å². The summed E-state index contributed by atoms with van der Waals surface area (Å²) >= 11 is 0. The van der Waals surface area contributed by atoms with E-state index < -0.39 is 18.2 Å². The number of carbonyl (C=O) groups is 1. The Morgan fingerprint density at radius 2 is 1.53 bits per heavy atom. The zero-order valence-electron chi connectivity index (χ0n) is 11.3. The van der Waals surface area contributed by atoms with E-state index in [2.05, 4.69) is 11.7 Å². The number of alkyl halides is 3. The number of esters is 1. The minimum absolute atomic E-state index is 0.0685. The van der Waals surface area contributed by atoms with Crippen LogP contribution in [0.25, 0.3) is 0 Å². The van der Waals surface area contributed by atoms with Crippen LogP contribution in [0.2, 0.25) is 0 Å². The van der Waals surface area contributed by atoms with E-state index in [1.165, 1.54) is 25.7 Å². The van der Waals surface area contributed by atoms with E-state index in [0.717, 1.165) is 19.3 Å². The molecule has 0 saturated heterocycles. The van der Waals surface area contributed by atoms with Gasteiger partial charge in [0, 0.05) is 0 Å². The molecule has 0 aliphatic rings. The summed E-state index contributed by atoms with van der Waals surface area (Å²) in [5.74, 6) is -1.62. The fourth-order valence-corrected chi connectivity index (χ4v) is 1.62. The predicted molar refractivity (Wildman–Crippen MR) is 65.6 cm³/mol. The molecule has 0 radical (unpaired) electrons. The van der Waals surface area contributed by atoms with Gasteiger partial charge in [0.15, 0.2) is 0 Å². The van der Waals surface area contributed by atoms with Gasteiger partial charge >= 0.3 is 12.1 Å². The highest BCUT2D eigenvalue weighted by atomic mass is 19.4. The van der Waals surface area contributed by atoms with Gasteiger partial charge in [0.05, 0.1) is 6.61 Å². The van der Waals surface area contributed by atoms with Crippen molar-refractivity contribution < 1.29 is 27.8 Å². The maximum absolute atomic E-state index is 11.9. The van der Waals surface area contributed by atoms with E-state index in [4.69, 9.17) is 5.11 Å². The smallest absolute Gasteiger partial charge is 0.425 e. The first-order chi connectivity index (χ1) is 8.89. The van der Waals surface area contributed by atoms with Gasteiger partial charge in [-0.3, -0.25) is 0 Å². The lowest BCUT2D eigenvalue weighted by molar-refractivity contribution is -0.218. The van der Waals surface area contributed by atoms with Crippen molar-refractivity contribution in [2.45, 2.75) is 70.6 Å². The Morgan fingerprint density at radius 1 is 1.05 bits per heavy atom. The Kier molecular flexibility index (Phi) is 9.65. The zero-order chi connectivity index (χ0) is 14.7. The second-order valence-corrected chi connectivity index (χ2v) is 4.59. The molecular weight excluding hydrogens is 261 g/mol. The topological polar surface area (TPSA) is 46.5 Å². The van der Waals surface area contributed by atoms with Crippen molar-refractivity contribution in [3.8, 4) is 0 Å². The zero-order valence-corrected chi connectivity index (χ0v) is 11.3. The van der Waals surface area contributed by atoms with Gasteiger partial charge < -0.3 is 9.84 Å². The summed E-state index contributed by atoms with van der Waals surface area (Å²) in [6.45, 7) is 2.07. The van der Waals surface area contributed by atoms with E-state index in [1.807, 2.05) is 0 Å². The molecule has 0 fully saturated rings. The second-order valence-electron chi connectivity index (χ2n) is 4.59. The molecule has 0 saturated carbocycles. The van der Waals surface area contributed by atoms with Crippen molar-refractivity contribution in [3.63, 3.8) is 0 Å². The monoisotopic (exact) mass is 284 g/mol. The van der Waals surface area contributed by atoms with Crippen molar-refractivity contribution in [1.29, 1.82) is 0 Å². The van der Waals surface area contributed by atoms with Gasteiger partial charge in [-0.1, -0.05) is 51.9 Å². The van der Waals surface area contributed by atoms with Crippen molar-refractivity contribution in [2.24, 2.45) is 0 Å². The number of carbonyl (C=O) groups excluding carboxylic acids is 1. The molecule has 0 aliphatic carbocycles. The average Bonchev–Trinajstić information content (AvgIpc) is 2.34. The Hall–Kier alpha value is -0.780. The van der Waals surface area contributed by atoms with Crippen LogP contribution in [0.5, 0.6) is 0 Å². The van der Waals surface area contributed by atoms with E-state index in [0.29, 0.717) is 6.42 Å². The number of aliphatic hydroxyl groups is 1. The predicted octanol–water partition coefficient (Wildman–Crippen LogP) is 3.59. The van der Waals surface area contributed by atoms with Crippen molar-refractivity contribution >= 4 is 5.97 Å². The van der Waals surface area contributed by atoms with Gasteiger partial charge in [-0.05, 0) is 6.42 Å². The number of unbranched alkanes of at least 4 members (excludes halogenated alkanes) is 7. The van der Waals surface area contributed by atoms with Gasteiger partial charge in [0.25, 0.3) is 0 Å². The molecule has 0 amide bonds. The Labute approximate surface area is 112 Å². The van der Waals surface area contributed by atoms with E-state index in [1.54, 1.807) is 0 Å². The summed E-state index contributed by atoms with van der Waals surface area (Å²) in [5.41, 5.74) is 0. The van der Waals surface area contributed by atoms with Gasteiger partial charge in [-0.15, -0.1) is 0 Å². The quantitative estimate of drug-likeness (QED) is 0.492. The highest BCUT2D eigenvalue weighted by Crippen LogP contribution is 2.20. The van der Waals surface area contributed by atoms with Crippen LogP contribution in [0.1, 0.15) is 58.3 Å². The van der Waals surface area contributed by atoms with Crippen LogP contribution in [0, 0.1) is 0 Å². The van der Waals surface area contributed by atoms with Crippen LogP contribution in [0.4, 0.5) is 13.2 Å². The lowest BCUT2D eigenvalue weighted by Gasteiger charge is -2.13. The molecule has 0 spiro atoms. The van der Waals surface area contributed by atoms with Gasteiger partial charge in [-0.2, -0.15) is 13.2 Å². The van der Waals surface area contributed by atoms with Gasteiger partial charge in [-0.25, -0.2) is 4.79 Å². The number of hydrogen-bond donors (Lipinski definition) is 1. The number of rotatable bonds is 10. The fraction of sp³-hybridized carbons (Fsp3) is 0.923. The highest BCUT2D eigenvalue weighted by Gasteiger charge is 2.44. The molecule has 0 rings (SSSR count). The number of ether oxygens (including phenoxy) is 1. The number of aliphatic hydroxyl groups excluding tert-OH is 1. The summed E-state index contributed by atoms with van der Waals surface area (Å²) in [7, 11) is 0. The lowest BCUT2D eigenvalue weighted by atomic mass is 10.1. The Morgan fingerprint density at radius 3 is 2.00 bits per heavy atom. The molecule has 0 aromatic rings. The van der Waals surface area contributed by atoms with Gasteiger partial charge in [0.1, 0.15) is 0 Å². The number of hydrogen-bond acceptors (Lipinski definition) is 3. The third-order valence-corrected chi connectivity index (χ3v) is 2.78. The Bertz CT molecular complexity index is 242. The normalized spacial score (nSPS) is 13.3. The molecule has 1 atom stereocenters. The number of halogens is 3. The lowest BCUT2D eigenvalue weighted by Crippen LogP contribution is -2.37. The summed E-state index contributed by atoms with van der Waals surface area (Å²) < 4.78 is 40.1. The largest absolute Gasteiger partial charge is 0.464 e. The van der Waals surface area contributed by atoms with E-state index in [9.17, 15) is 18.0 Å². The van der Waals surface area contributed by atoms with Crippen LogP contribution >= 0.6 is 0 Å². The minimum atomic E-state index is -4.95. The van der Waals surface area contributed by atoms with Crippen LogP contribution in [0.15, 0.2) is 0 Å². The third-order valence-electron chi connectivity index (χ3n) is 2.78. The van der Waals surface area contributed by atoms with Crippen LogP contribution in [0.3, 0.4) is 0 Å². The fourth-order valence-electron chi connectivity index (χ4n) is 1.62. The molecule has 0 aromatic heterocycles. The molecule has 0 heterocycles. The summed E-state index contributed by atoms with van der Waals surface area (Å²) in [5, 5.41) is 8.58. The van der Waals surface area contributed by atoms with Crippen molar-refractivity contribution in [2.75, 3.05) is 6.61 Å². The molecule has 0 aliphatic heterocycles. The van der Waals surface area contributed by atoms with E-state index in [-0.39, 0.29) is 6.61 Å². The van der Waals surface area contributed by atoms with Crippen molar-refractivity contribution in [1.82, 2.24) is 0 Å². The summed E-state index contributed by atoms with van der Waals surface area (Å²) in [6, 6.07) is 0. The molecule has 1 N–H and O–H groups in total. The molecule has 0 aromatic carbocycles. The van der Waals surface area contributed by atoms with Crippen LogP contribution in [-0.4, -0.2) is 30.0 Å². The first kappa shape index (κ1) is 18.2. The molecule has 3 nitrogen and oxygen atoms in total. The molecule has 0 bridgehead atoms. The molecular formula is C13H23F3O3. The maximum Gasteiger partial charge on any atom is 0.425 e. The maximum atomic E-state index is 11.9. The highest BCUT2D eigenvalue weighted by molar-refractivity contribution is 5.75. The SMILES string of the molecule is CCCCCCCCCCOC(=O)C(O)C(F)(F)F. The second kappa shape index (κ2) is 10.1. The van der Waals surface area contributed by atoms with Crippen molar-refractivity contribution in [3.05, 3.63) is 0 Å². The molecule has 6 heteroatoms. The average molecular weight is 284 g/mol. The standard InChI is InChI=1S/C13H23F3O3/c1-2-3-4-5-6-7-8-9-10-19-12(18)11(17)13(14,15)16/h11,17H,2-10H2,1H3. The summed E-state index contributed by atoms with van der Waals surface area (Å²) in [4.78, 5) is 10.8. The molecule has 19 heavy (non-hydrogen) atoms.